The summed E-state index contributed by atoms with van der Waals surface area (Å²) >= 11 is 0. The van der Waals surface area contributed by atoms with Crippen LogP contribution in [0.4, 0.5) is 5.69 Å². The van der Waals surface area contributed by atoms with Gasteiger partial charge in [-0.15, -0.1) is 12.4 Å². The van der Waals surface area contributed by atoms with Crippen molar-refractivity contribution in [3.63, 3.8) is 0 Å². The fourth-order valence-electron chi connectivity index (χ4n) is 2.08. The average molecular weight is 324 g/mol. The summed E-state index contributed by atoms with van der Waals surface area (Å²) in [7, 11) is 0. The Balaban J connectivity index is 0.00000242. The number of anilines is 1. The van der Waals surface area contributed by atoms with Gasteiger partial charge in [0.25, 0.3) is 0 Å². The highest BCUT2D eigenvalue weighted by Gasteiger charge is 2.04. The fraction of sp³-hybridized carbons (Fsp3) is 0.375. The molecule has 0 saturated carbocycles. The van der Waals surface area contributed by atoms with Gasteiger partial charge in [0.05, 0.1) is 6.20 Å². The van der Waals surface area contributed by atoms with Crippen molar-refractivity contribution >= 4 is 24.0 Å². The van der Waals surface area contributed by atoms with Gasteiger partial charge in [-0.1, -0.05) is 12.8 Å². The Morgan fingerprint density at radius 1 is 1.14 bits per heavy atom. The summed E-state index contributed by atoms with van der Waals surface area (Å²) in [6.07, 6.45) is 7.69. The molecule has 120 valence electrons. The summed E-state index contributed by atoms with van der Waals surface area (Å²) < 4.78 is 5.22. The van der Waals surface area contributed by atoms with Crippen molar-refractivity contribution in [2.45, 2.75) is 32.1 Å². The predicted octanol–water partition coefficient (Wildman–Crippen LogP) is 3.61. The molecule has 0 saturated heterocycles. The number of carbonyl (C=O) groups excluding carboxylic acids is 1. The number of hydrogen-bond donors (Lipinski definition) is 2. The van der Waals surface area contributed by atoms with Crippen LogP contribution in [0, 0.1) is 0 Å². The number of oxazole rings is 1. The molecular weight excluding hydrogens is 302 g/mol. The molecule has 0 spiro atoms. The molecule has 1 amide bonds. The van der Waals surface area contributed by atoms with Crippen LogP contribution in [0.15, 0.2) is 41.3 Å². The van der Waals surface area contributed by atoms with Crippen molar-refractivity contribution in [1.82, 2.24) is 4.98 Å². The maximum Gasteiger partial charge on any atom is 0.224 e. The molecule has 0 bridgehead atoms. The SMILES string of the molecule is Cl.NCCCCCCC(=O)Nc1ccc(-c2cnco2)cc1. The molecule has 0 fully saturated rings. The maximum atomic E-state index is 11.8. The third kappa shape index (κ3) is 5.87. The molecule has 5 nitrogen and oxygen atoms in total. The minimum Gasteiger partial charge on any atom is -0.444 e. The zero-order valence-corrected chi connectivity index (χ0v) is 13.3. The Morgan fingerprint density at radius 2 is 1.86 bits per heavy atom. The predicted molar refractivity (Wildman–Crippen MR) is 90.0 cm³/mol. The zero-order chi connectivity index (χ0) is 14.9. The van der Waals surface area contributed by atoms with E-state index in [0.29, 0.717) is 12.2 Å². The minimum absolute atomic E-state index is 0. The van der Waals surface area contributed by atoms with Crippen LogP contribution in [0.3, 0.4) is 0 Å². The van der Waals surface area contributed by atoms with Gasteiger partial charge < -0.3 is 15.5 Å². The number of nitrogens with zero attached hydrogens (tertiary/aromatic N) is 1. The number of amides is 1. The molecule has 0 atom stereocenters. The summed E-state index contributed by atoms with van der Waals surface area (Å²) in [6, 6.07) is 7.53. The molecule has 2 aromatic rings. The molecule has 22 heavy (non-hydrogen) atoms. The van der Waals surface area contributed by atoms with E-state index in [9.17, 15) is 4.79 Å². The van der Waals surface area contributed by atoms with Crippen molar-refractivity contribution in [3.8, 4) is 11.3 Å². The first-order valence-corrected chi connectivity index (χ1v) is 7.28. The normalized spacial score (nSPS) is 10.0. The second kappa shape index (κ2) is 9.97. The van der Waals surface area contributed by atoms with Crippen molar-refractivity contribution < 1.29 is 9.21 Å². The minimum atomic E-state index is 0. The number of benzene rings is 1. The lowest BCUT2D eigenvalue weighted by atomic mass is 10.1. The molecular formula is C16H22ClN3O2. The number of hydrogen-bond acceptors (Lipinski definition) is 4. The average Bonchev–Trinajstić information content (AvgIpc) is 3.02. The van der Waals surface area contributed by atoms with Crippen molar-refractivity contribution in [3.05, 3.63) is 36.9 Å². The van der Waals surface area contributed by atoms with Crippen LogP contribution >= 0.6 is 12.4 Å². The van der Waals surface area contributed by atoms with E-state index in [4.69, 9.17) is 10.2 Å². The van der Waals surface area contributed by atoms with E-state index in [1.165, 1.54) is 6.39 Å². The van der Waals surface area contributed by atoms with Gasteiger partial charge in [-0.3, -0.25) is 4.79 Å². The molecule has 0 aliphatic heterocycles. The highest BCUT2D eigenvalue weighted by Crippen LogP contribution is 2.20. The largest absolute Gasteiger partial charge is 0.444 e. The molecule has 6 heteroatoms. The lowest BCUT2D eigenvalue weighted by molar-refractivity contribution is -0.116. The first kappa shape index (κ1) is 18.2. The number of rotatable bonds is 8. The molecule has 2 rings (SSSR count). The van der Waals surface area contributed by atoms with Gasteiger partial charge >= 0.3 is 0 Å². The Kier molecular flexibility index (Phi) is 8.25. The molecule has 1 heterocycles. The van der Waals surface area contributed by atoms with Crippen LogP contribution in [-0.4, -0.2) is 17.4 Å². The Bertz CT molecular complexity index is 541. The van der Waals surface area contributed by atoms with E-state index in [-0.39, 0.29) is 18.3 Å². The highest BCUT2D eigenvalue weighted by molar-refractivity contribution is 5.90. The molecule has 3 N–H and O–H groups in total. The van der Waals surface area contributed by atoms with Crippen molar-refractivity contribution in [2.24, 2.45) is 5.73 Å². The summed E-state index contributed by atoms with van der Waals surface area (Å²) in [5.41, 5.74) is 7.16. The Morgan fingerprint density at radius 3 is 2.50 bits per heavy atom. The lowest BCUT2D eigenvalue weighted by Crippen LogP contribution is -2.11. The van der Waals surface area contributed by atoms with Crippen molar-refractivity contribution in [1.29, 1.82) is 0 Å². The van der Waals surface area contributed by atoms with Gasteiger partial charge in [0.15, 0.2) is 12.2 Å². The van der Waals surface area contributed by atoms with E-state index < -0.39 is 0 Å². The molecule has 0 aliphatic rings. The summed E-state index contributed by atoms with van der Waals surface area (Å²) in [6.45, 7) is 0.726. The van der Waals surface area contributed by atoms with E-state index in [2.05, 4.69) is 10.3 Å². The Labute approximate surface area is 136 Å². The summed E-state index contributed by atoms with van der Waals surface area (Å²) in [4.78, 5) is 15.7. The molecule has 1 aromatic heterocycles. The van der Waals surface area contributed by atoms with Crippen LogP contribution in [0.25, 0.3) is 11.3 Å². The number of nitrogens with two attached hydrogens (primary N) is 1. The summed E-state index contributed by atoms with van der Waals surface area (Å²) in [5.74, 6) is 0.767. The maximum absolute atomic E-state index is 11.8. The number of nitrogens with one attached hydrogen (secondary N) is 1. The monoisotopic (exact) mass is 323 g/mol. The van der Waals surface area contributed by atoms with Gasteiger partial charge in [-0.05, 0) is 43.7 Å². The van der Waals surface area contributed by atoms with E-state index in [0.717, 1.165) is 43.5 Å². The van der Waals surface area contributed by atoms with Gasteiger partial charge in [0, 0.05) is 17.7 Å². The highest BCUT2D eigenvalue weighted by atomic mass is 35.5. The molecule has 0 aliphatic carbocycles. The van der Waals surface area contributed by atoms with Crippen molar-refractivity contribution in [2.75, 3.05) is 11.9 Å². The van der Waals surface area contributed by atoms with E-state index in [1.807, 2.05) is 24.3 Å². The van der Waals surface area contributed by atoms with Gasteiger partial charge in [0.2, 0.25) is 5.91 Å². The summed E-state index contributed by atoms with van der Waals surface area (Å²) in [5, 5.41) is 2.90. The first-order valence-electron chi connectivity index (χ1n) is 7.28. The quantitative estimate of drug-likeness (QED) is 0.727. The van der Waals surface area contributed by atoms with Crippen LogP contribution < -0.4 is 11.1 Å². The van der Waals surface area contributed by atoms with Crippen LogP contribution in [0.5, 0.6) is 0 Å². The third-order valence-corrected chi connectivity index (χ3v) is 3.24. The van der Waals surface area contributed by atoms with Crippen LogP contribution in [-0.2, 0) is 4.79 Å². The fourth-order valence-corrected chi connectivity index (χ4v) is 2.08. The number of unbranched alkanes of at least 4 members (excludes halogenated alkanes) is 3. The molecule has 0 unspecified atom stereocenters. The standard InChI is InChI=1S/C16H21N3O2.ClH/c17-10-4-2-1-3-5-16(20)19-14-8-6-13(7-9-14)15-11-18-12-21-15;/h6-9,11-12H,1-5,10,17H2,(H,19,20);1H. The topological polar surface area (TPSA) is 81.2 Å². The molecule has 1 aromatic carbocycles. The third-order valence-electron chi connectivity index (χ3n) is 3.24. The second-order valence-corrected chi connectivity index (χ2v) is 4.94. The van der Waals surface area contributed by atoms with Gasteiger partial charge in [-0.2, -0.15) is 0 Å². The van der Waals surface area contributed by atoms with E-state index in [1.54, 1.807) is 6.20 Å². The number of aromatic nitrogens is 1. The zero-order valence-electron chi connectivity index (χ0n) is 12.5. The molecule has 0 radical (unpaired) electrons. The van der Waals surface area contributed by atoms with E-state index >= 15 is 0 Å². The first-order chi connectivity index (χ1) is 10.3. The number of halogens is 1. The van der Waals surface area contributed by atoms with Gasteiger partial charge in [-0.25, -0.2) is 4.98 Å². The smallest absolute Gasteiger partial charge is 0.224 e. The lowest BCUT2D eigenvalue weighted by Gasteiger charge is -2.06. The van der Waals surface area contributed by atoms with Crippen LogP contribution in [0.1, 0.15) is 32.1 Å². The van der Waals surface area contributed by atoms with Crippen LogP contribution in [0.2, 0.25) is 0 Å². The van der Waals surface area contributed by atoms with Gasteiger partial charge in [0.1, 0.15) is 0 Å². The Hall–Kier alpha value is -1.85. The second-order valence-electron chi connectivity index (χ2n) is 4.94. The number of carbonyl (C=O) groups is 1.